The van der Waals surface area contributed by atoms with Crippen molar-refractivity contribution in [2.24, 2.45) is 0 Å². The Hall–Kier alpha value is -2.49. The first kappa shape index (κ1) is 10.7. The number of rotatable bonds is 2. The minimum Gasteiger partial charge on any atom is -0.277 e. The first-order valence-electron chi connectivity index (χ1n) is 5.54. The number of nitrogens with zero attached hydrogens (tertiary/aromatic N) is 2. The molecule has 3 rings (SSSR count). The van der Waals surface area contributed by atoms with Gasteiger partial charge in [0.2, 0.25) is 0 Å². The first-order chi connectivity index (χ1) is 8.84. The molecule has 0 saturated heterocycles. The third-order valence-corrected chi connectivity index (χ3v) is 2.74. The van der Waals surface area contributed by atoms with E-state index in [2.05, 4.69) is 15.2 Å². The van der Waals surface area contributed by atoms with Gasteiger partial charge in [0.15, 0.2) is 0 Å². The van der Waals surface area contributed by atoms with Crippen LogP contribution in [0.25, 0.3) is 22.4 Å². The molecule has 0 radical (unpaired) electrons. The number of pyridine rings is 1. The molecule has 0 atom stereocenters. The van der Waals surface area contributed by atoms with Crippen LogP contribution in [0.4, 0.5) is 4.39 Å². The van der Waals surface area contributed by atoms with Crippen molar-refractivity contribution in [1.29, 1.82) is 0 Å². The van der Waals surface area contributed by atoms with Gasteiger partial charge in [0.05, 0.1) is 11.9 Å². The van der Waals surface area contributed by atoms with Crippen molar-refractivity contribution in [3.05, 3.63) is 60.8 Å². The zero-order valence-electron chi connectivity index (χ0n) is 9.47. The molecule has 1 N–H and O–H groups in total. The van der Waals surface area contributed by atoms with Crippen molar-refractivity contribution >= 4 is 0 Å². The van der Waals surface area contributed by atoms with Gasteiger partial charge in [-0.25, -0.2) is 4.39 Å². The lowest BCUT2D eigenvalue weighted by Gasteiger charge is -2.03. The van der Waals surface area contributed by atoms with Crippen molar-refractivity contribution < 1.29 is 4.39 Å². The first-order valence-corrected chi connectivity index (χ1v) is 5.54. The van der Waals surface area contributed by atoms with Gasteiger partial charge in [-0.1, -0.05) is 6.07 Å². The van der Waals surface area contributed by atoms with Gasteiger partial charge in [0.1, 0.15) is 5.82 Å². The molecule has 3 nitrogen and oxygen atoms in total. The van der Waals surface area contributed by atoms with Crippen LogP contribution in [0.2, 0.25) is 0 Å². The van der Waals surface area contributed by atoms with Crippen LogP contribution in [0, 0.1) is 5.82 Å². The van der Waals surface area contributed by atoms with Gasteiger partial charge in [0.25, 0.3) is 0 Å². The quantitative estimate of drug-likeness (QED) is 0.745. The average molecular weight is 239 g/mol. The molecule has 0 aliphatic heterocycles. The van der Waals surface area contributed by atoms with Gasteiger partial charge in [-0.2, -0.15) is 5.10 Å². The van der Waals surface area contributed by atoms with Gasteiger partial charge in [-0.15, -0.1) is 0 Å². The van der Waals surface area contributed by atoms with Crippen LogP contribution < -0.4 is 0 Å². The van der Waals surface area contributed by atoms with E-state index in [0.29, 0.717) is 0 Å². The van der Waals surface area contributed by atoms with E-state index in [-0.39, 0.29) is 5.82 Å². The number of hydrogen-bond donors (Lipinski definition) is 1. The Morgan fingerprint density at radius 2 is 1.78 bits per heavy atom. The van der Waals surface area contributed by atoms with Crippen LogP contribution in [-0.2, 0) is 0 Å². The average Bonchev–Trinajstić information content (AvgIpc) is 2.90. The van der Waals surface area contributed by atoms with Crippen LogP contribution in [-0.4, -0.2) is 15.2 Å². The fourth-order valence-corrected chi connectivity index (χ4v) is 1.86. The van der Waals surface area contributed by atoms with Gasteiger partial charge in [-0.05, 0) is 30.3 Å². The summed E-state index contributed by atoms with van der Waals surface area (Å²) in [5.74, 6) is -0.249. The fourth-order valence-electron chi connectivity index (χ4n) is 1.86. The predicted octanol–water partition coefficient (Wildman–Crippen LogP) is 3.28. The topological polar surface area (TPSA) is 41.6 Å². The third kappa shape index (κ3) is 1.88. The van der Waals surface area contributed by atoms with E-state index in [0.717, 1.165) is 22.4 Å². The van der Waals surface area contributed by atoms with Gasteiger partial charge < -0.3 is 0 Å². The SMILES string of the molecule is Fc1ccc(-c2[nH]ncc2-c2cccnc2)cc1. The molecule has 0 unspecified atom stereocenters. The second-order valence-electron chi connectivity index (χ2n) is 3.91. The fraction of sp³-hybridized carbons (Fsp3) is 0. The molecule has 2 aromatic heterocycles. The zero-order valence-corrected chi connectivity index (χ0v) is 9.47. The summed E-state index contributed by atoms with van der Waals surface area (Å²) >= 11 is 0. The number of aromatic nitrogens is 3. The summed E-state index contributed by atoms with van der Waals surface area (Å²) in [6.45, 7) is 0. The summed E-state index contributed by atoms with van der Waals surface area (Å²) in [6.07, 6.45) is 5.24. The lowest BCUT2D eigenvalue weighted by Crippen LogP contribution is -1.84. The van der Waals surface area contributed by atoms with Crippen LogP contribution in [0.1, 0.15) is 0 Å². The van der Waals surface area contributed by atoms with E-state index < -0.39 is 0 Å². The summed E-state index contributed by atoms with van der Waals surface area (Å²) in [7, 11) is 0. The number of benzene rings is 1. The van der Waals surface area contributed by atoms with E-state index in [9.17, 15) is 4.39 Å². The minimum atomic E-state index is -0.249. The van der Waals surface area contributed by atoms with Gasteiger partial charge in [-0.3, -0.25) is 10.1 Å². The number of aromatic amines is 1. The molecule has 1 aromatic carbocycles. The molecule has 0 bridgehead atoms. The Balaban J connectivity index is 2.10. The molecule has 0 fully saturated rings. The maximum absolute atomic E-state index is 12.9. The highest BCUT2D eigenvalue weighted by atomic mass is 19.1. The molecular weight excluding hydrogens is 229 g/mol. The van der Waals surface area contributed by atoms with Crippen molar-refractivity contribution in [2.75, 3.05) is 0 Å². The summed E-state index contributed by atoms with van der Waals surface area (Å²) in [6, 6.07) is 10.2. The molecule has 0 amide bonds. The lowest BCUT2D eigenvalue weighted by atomic mass is 10.0. The van der Waals surface area contributed by atoms with Crippen molar-refractivity contribution in [2.45, 2.75) is 0 Å². The van der Waals surface area contributed by atoms with E-state index >= 15 is 0 Å². The Morgan fingerprint density at radius 3 is 2.50 bits per heavy atom. The zero-order chi connectivity index (χ0) is 12.4. The lowest BCUT2D eigenvalue weighted by molar-refractivity contribution is 0.628. The highest BCUT2D eigenvalue weighted by Crippen LogP contribution is 2.29. The summed E-state index contributed by atoms with van der Waals surface area (Å²) in [5.41, 5.74) is 3.69. The number of hydrogen-bond acceptors (Lipinski definition) is 2. The Bertz CT molecular complexity index is 644. The smallest absolute Gasteiger partial charge is 0.123 e. The molecule has 0 spiro atoms. The minimum absolute atomic E-state index is 0.249. The van der Waals surface area contributed by atoms with E-state index in [1.54, 1.807) is 30.7 Å². The number of H-pyrrole nitrogens is 1. The normalized spacial score (nSPS) is 10.5. The molecule has 18 heavy (non-hydrogen) atoms. The molecular formula is C14H10FN3. The highest BCUT2D eigenvalue weighted by molar-refractivity contribution is 5.79. The predicted molar refractivity (Wildman–Crippen MR) is 67.2 cm³/mol. The largest absolute Gasteiger partial charge is 0.277 e. The number of nitrogens with one attached hydrogen (secondary N) is 1. The molecule has 0 aliphatic carbocycles. The van der Waals surface area contributed by atoms with Crippen LogP contribution in [0.5, 0.6) is 0 Å². The Kier molecular flexibility index (Phi) is 2.61. The standard InChI is InChI=1S/C14H10FN3/c15-12-5-3-10(4-6-12)14-13(9-17-18-14)11-2-1-7-16-8-11/h1-9H,(H,17,18). The number of halogens is 1. The summed E-state index contributed by atoms with van der Waals surface area (Å²) in [5, 5.41) is 6.99. The molecule has 0 saturated carbocycles. The van der Waals surface area contributed by atoms with Crippen LogP contribution in [0.3, 0.4) is 0 Å². The van der Waals surface area contributed by atoms with E-state index in [4.69, 9.17) is 0 Å². The molecule has 0 aliphatic rings. The van der Waals surface area contributed by atoms with Crippen molar-refractivity contribution in [1.82, 2.24) is 15.2 Å². The van der Waals surface area contributed by atoms with Crippen molar-refractivity contribution in [3.8, 4) is 22.4 Å². The van der Waals surface area contributed by atoms with E-state index in [1.807, 2.05) is 12.1 Å². The summed E-state index contributed by atoms with van der Waals surface area (Å²) in [4.78, 5) is 4.09. The van der Waals surface area contributed by atoms with Gasteiger partial charge >= 0.3 is 0 Å². The maximum Gasteiger partial charge on any atom is 0.123 e. The molecule has 3 aromatic rings. The second kappa shape index (κ2) is 4.41. The highest BCUT2D eigenvalue weighted by Gasteiger charge is 2.09. The Labute approximate surface area is 103 Å². The maximum atomic E-state index is 12.9. The molecule has 88 valence electrons. The van der Waals surface area contributed by atoms with Crippen LogP contribution in [0.15, 0.2) is 55.0 Å². The second-order valence-corrected chi connectivity index (χ2v) is 3.91. The molecule has 4 heteroatoms. The van der Waals surface area contributed by atoms with Gasteiger partial charge in [0, 0.05) is 29.1 Å². The third-order valence-electron chi connectivity index (χ3n) is 2.74. The van der Waals surface area contributed by atoms with Crippen molar-refractivity contribution in [3.63, 3.8) is 0 Å². The van der Waals surface area contributed by atoms with E-state index in [1.165, 1.54) is 12.1 Å². The molecule has 2 heterocycles. The monoisotopic (exact) mass is 239 g/mol. The van der Waals surface area contributed by atoms with Crippen LogP contribution >= 0.6 is 0 Å². The Morgan fingerprint density at radius 1 is 0.944 bits per heavy atom. The summed E-state index contributed by atoms with van der Waals surface area (Å²) < 4.78 is 12.9.